The molecular formula is C11H11BrClN3. The average Bonchev–Trinajstić information content (AvgIpc) is 3.03. The first kappa shape index (κ1) is 10.5. The fraction of sp³-hybridized carbons (Fsp3) is 0.455. The zero-order valence-corrected chi connectivity index (χ0v) is 11.2. The summed E-state index contributed by atoms with van der Waals surface area (Å²) in [5.41, 5.74) is 0.882. The van der Waals surface area contributed by atoms with Crippen LogP contribution in [0.25, 0.3) is 11.0 Å². The summed E-state index contributed by atoms with van der Waals surface area (Å²) in [5, 5.41) is 6.02. The van der Waals surface area contributed by atoms with Gasteiger partial charge in [-0.2, -0.15) is 5.10 Å². The van der Waals surface area contributed by atoms with E-state index in [1.54, 1.807) is 12.4 Å². The van der Waals surface area contributed by atoms with Crippen LogP contribution < -0.4 is 0 Å². The Morgan fingerprint density at radius 1 is 1.50 bits per heavy atom. The number of aromatic nitrogens is 3. The molecule has 2 aromatic rings. The Morgan fingerprint density at radius 2 is 2.25 bits per heavy atom. The summed E-state index contributed by atoms with van der Waals surface area (Å²) in [5.74, 6) is 0.757. The van der Waals surface area contributed by atoms with Crippen LogP contribution in [0.4, 0.5) is 0 Å². The number of hydrogen-bond donors (Lipinski definition) is 0. The van der Waals surface area contributed by atoms with E-state index in [4.69, 9.17) is 11.6 Å². The molecule has 0 amide bonds. The van der Waals surface area contributed by atoms with Crippen LogP contribution in [0, 0.1) is 5.92 Å². The quantitative estimate of drug-likeness (QED) is 0.844. The monoisotopic (exact) mass is 299 g/mol. The molecule has 0 N–H and O–H groups in total. The van der Waals surface area contributed by atoms with Gasteiger partial charge in [-0.1, -0.05) is 11.6 Å². The van der Waals surface area contributed by atoms with Crippen molar-refractivity contribution >= 4 is 38.6 Å². The van der Waals surface area contributed by atoms with E-state index in [1.165, 1.54) is 12.8 Å². The maximum absolute atomic E-state index is 6.20. The molecule has 84 valence electrons. The van der Waals surface area contributed by atoms with Crippen molar-refractivity contribution in [3.05, 3.63) is 21.9 Å². The molecule has 1 unspecified atom stereocenters. The van der Waals surface area contributed by atoms with Gasteiger partial charge in [0.05, 0.1) is 27.1 Å². The summed E-state index contributed by atoms with van der Waals surface area (Å²) < 4.78 is 2.81. The Labute approximate surface area is 107 Å². The third kappa shape index (κ3) is 1.55. The first-order valence-corrected chi connectivity index (χ1v) is 6.53. The van der Waals surface area contributed by atoms with Crippen molar-refractivity contribution in [3.63, 3.8) is 0 Å². The van der Waals surface area contributed by atoms with Crippen molar-refractivity contribution in [2.45, 2.75) is 25.8 Å². The van der Waals surface area contributed by atoms with Gasteiger partial charge in [-0.25, -0.2) is 9.67 Å². The molecule has 5 heteroatoms. The van der Waals surface area contributed by atoms with Crippen LogP contribution in [0.15, 0.2) is 16.9 Å². The molecular weight excluding hydrogens is 289 g/mol. The smallest absolute Gasteiger partial charge is 0.159 e. The van der Waals surface area contributed by atoms with Crippen LogP contribution in [0.2, 0.25) is 5.02 Å². The molecule has 1 fully saturated rings. The zero-order chi connectivity index (χ0) is 11.3. The second-order valence-corrected chi connectivity index (χ2v) is 5.56. The summed E-state index contributed by atoms with van der Waals surface area (Å²) in [4.78, 5) is 4.40. The topological polar surface area (TPSA) is 30.7 Å². The predicted octanol–water partition coefficient (Wildman–Crippen LogP) is 3.82. The zero-order valence-electron chi connectivity index (χ0n) is 8.82. The molecule has 0 bridgehead atoms. The van der Waals surface area contributed by atoms with E-state index in [2.05, 4.69) is 32.9 Å². The van der Waals surface area contributed by atoms with Crippen LogP contribution >= 0.6 is 27.5 Å². The third-order valence-electron chi connectivity index (χ3n) is 3.21. The molecule has 1 atom stereocenters. The van der Waals surface area contributed by atoms with Crippen molar-refractivity contribution in [3.8, 4) is 0 Å². The van der Waals surface area contributed by atoms with Crippen molar-refractivity contribution < 1.29 is 0 Å². The fourth-order valence-electron chi connectivity index (χ4n) is 2.02. The van der Waals surface area contributed by atoms with Crippen LogP contribution in [-0.4, -0.2) is 14.8 Å². The summed E-state index contributed by atoms with van der Waals surface area (Å²) in [7, 11) is 0. The van der Waals surface area contributed by atoms with Gasteiger partial charge in [-0.3, -0.25) is 0 Å². The largest absolute Gasteiger partial charge is 0.244 e. The molecule has 2 aromatic heterocycles. The average molecular weight is 301 g/mol. The lowest BCUT2D eigenvalue weighted by Crippen LogP contribution is -2.09. The van der Waals surface area contributed by atoms with E-state index in [0.29, 0.717) is 11.1 Å². The lowest BCUT2D eigenvalue weighted by molar-refractivity contribution is 0.451. The highest BCUT2D eigenvalue weighted by Gasteiger charge is 2.30. The molecule has 16 heavy (non-hydrogen) atoms. The minimum atomic E-state index is 0.419. The van der Waals surface area contributed by atoms with Crippen LogP contribution in [0.3, 0.4) is 0 Å². The van der Waals surface area contributed by atoms with Gasteiger partial charge in [0.1, 0.15) is 0 Å². The van der Waals surface area contributed by atoms with Gasteiger partial charge >= 0.3 is 0 Å². The van der Waals surface area contributed by atoms with E-state index in [9.17, 15) is 0 Å². The molecule has 3 rings (SSSR count). The van der Waals surface area contributed by atoms with Crippen molar-refractivity contribution in [1.82, 2.24) is 14.8 Å². The van der Waals surface area contributed by atoms with Crippen molar-refractivity contribution in [2.75, 3.05) is 0 Å². The molecule has 0 aromatic carbocycles. The van der Waals surface area contributed by atoms with E-state index in [0.717, 1.165) is 21.4 Å². The van der Waals surface area contributed by atoms with Gasteiger partial charge in [0, 0.05) is 6.20 Å². The highest BCUT2D eigenvalue weighted by Crippen LogP contribution is 2.40. The maximum Gasteiger partial charge on any atom is 0.159 e. The molecule has 0 saturated heterocycles. The fourth-order valence-corrected chi connectivity index (χ4v) is 2.52. The van der Waals surface area contributed by atoms with Crippen LogP contribution in [0.1, 0.15) is 25.8 Å². The molecule has 0 radical (unpaired) electrons. The van der Waals surface area contributed by atoms with Crippen LogP contribution in [-0.2, 0) is 0 Å². The first-order valence-electron chi connectivity index (χ1n) is 5.35. The standard InChI is InChI=1S/C11H11BrClN3/c1-6(7-2-3-7)16-11-8(4-15-16)10(13)9(12)5-14-11/h4-7H,2-3H2,1H3. The molecule has 1 aliphatic carbocycles. The summed E-state index contributed by atoms with van der Waals surface area (Å²) >= 11 is 9.57. The number of hydrogen-bond acceptors (Lipinski definition) is 2. The lowest BCUT2D eigenvalue weighted by atomic mass is 10.2. The minimum absolute atomic E-state index is 0.419. The van der Waals surface area contributed by atoms with E-state index in [-0.39, 0.29) is 0 Å². The van der Waals surface area contributed by atoms with Gasteiger partial charge in [0.25, 0.3) is 0 Å². The van der Waals surface area contributed by atoms with E-state index >= 15 is 0 Å². The number of halogens is 2. The SMILES string of the molecule is CC(C1CC1)n1ncc2c(Cl)c(Br)cnc21. The third-order valence-corrected chi connectivity index (χ3v) is 4.44. The Bertz CT molecular complexity index is 547. The van der Waals surface area contributed by atoms with E-state index < -0.39 is 0 Å². The maximum atomic E-state index is 6.20. The normalized spacial score (nSPS) is 17.9. The van der Waals surface area contributed by atoms with E-state index in [1.807, 2.05) is 4.68 Å². The lowest BCUT2D eigenvalue weighted by Gasteiger charge is -2.11. The van der Waals surface area contributed by atoms with Crippen molar-refractivity contribution in [2.24, 2.45) is 5.92 Å². The van der Waals surface area contributed by atoms with Gasteiger partial charge in [-0.05, 0) is 41.6 Å². The Balaban J connectivity index is 2.16. The highest BCUT2D eigenvalue weighted by molar-refractivity contribution is 9.10. The molecule has 1 saturated carbocycles. The second kappa shape index (κ2) is 3.70. The second-order valence-electron chi connectivity index (χ2n) is 4.32. The Hall–Kier alpha value is -0.610. The Kier molecular flexibility index (Phi) is 2.44. The first-order chi connectivity index (χ1) is 7.68. The van der Waals surface area contributed by atoms with Gasteiger partial charge in [0.15, 0.2) is 5.65 Å². The number of fused-ring (bicyclic) bond motifs is 1. The predicted molar refractivity (Wildman–Crippen MR) is 67.7 cm³/mol. The molecule has 1 aliphatic rings. The number of rotatable bonds is 2. The highest BCUT2D eigenvalue weighted by atomic mass is 79.9. The minimum Gasteiger partial charge on any atom is -0.244 e. The van der Waals surface area contributed by atoms with Gasteiger partial charge in [0.2, 0.25) is 0 Å². The molecule has 0 spiro atoms. The molecule has 0 aliphatic heterocycles. The molecule has 2 heterocycles. The van der Waals surface area contributed by atoms with Crippen molar-refractivity contribution in [1.29, 1.82) is 0 Å². The van der Waals surface area contributed by atoms with Gasteiger partial charge in [-0.15, -0.1) is 0 Å². The van der Waals surface area contributed by atoms with Gasteiger partial charge < -0.3 is 0 Å². The number of pyridine rings is 1. The summed E-state index contributed by atoms with van der Waals surface area (Å²) in [6, 6.07) is 0.419. The Morgan fingerprint density at radius 3 is 2.94 bits per heavy atom. The summed E-state index contributed by atoms with van der Waals surface area (Å²) in [6.07, 6.45) is 6.14. The summed E-state index contributed by atoms with van der Waals surface area (Å²) in [6.45, 7) is 2.20. The van der Waals surface area contributed by atoms with Crippen LogP contribution in [0.5, 0.6) is 0 Å². The number of nitrogens with zero attached hydrogens (tertiary/aromatic N) is 3. The molecule has 3 nitrogen and oxygen atoms in total.